The van der Waals surface area contributed by atoms with Gasteiger partial charge in [0.1, 0.15) is 18.0 Å². The number of halogens is 3. The Labute approximate surface area is 171 Å². The molecule has 2 heterocycles. The molecule has 1 N–H and O–H groups in total. The monoisotopic (exact) mass is 417 g/mol. The summed E-state index contributed by atoms with van der Waals surface area (Å²) < 4.78 is 46.6. The number of rotatable bonds is 5. The molecule has 0 unspecified atom stereocenters. The molecule has 1 aliphatic rings. The predicted octanol–water partition coefficient (Wildman–Crippen LogP) is 4.76. The Morgan fingerprint density at radius 3 is 2.87 bits per heavy atom. The van der Waals surface area contributed by atoms with Crippen molar-refractivity contribution >= 4 is 11.6 Å². The second-order valence-electron chi connectivity index (χ2n) is 7.59. The van der Waals surface area contributed by atoms with Crippen molar-refractivity contribution in [3.05, 3.63) is 66.1 Å². The van der Waals surface area contributed by atoms with E-state index < -0.39 is 18.1 Å². The highest BCUT2D eigenvalue weighted by Gasteiger charge is 2.42. The Morgan fingerprint density at radius 2 is 2.07 bits per heavy atom. The van der Waals surface area contributed by atoms with Crippen LogP contribution in [-0.2, 0) is 6.61 Å². The highest BCUT2D eigenvalue weighted by Crippen LogP contribution is 2.37. The van der Waals surface area contributed by atoms with Crippen LogP contribution < -0.4 is 10.1 Å². The Hall–Kier alpha value is -3.03. The van der Waals surface area contributed by atoms with E-state index in [1.54, 1.807) is 24.3 Å². The zero-order chi connectivity index (χ0) is 21.1. The molecule has 30 heavy (non-hydrogen) atoms. The van der Waals surface area contributed by atoms with Crippen LogP contribution in [0.4, 0.5) is 13.2 Å². The number of alkyl halides is 3. The lowest BCUT2D eigenvalue weighted by Gasteiger charge is -2.31. The maximum Gasteiger partial charge on any atom is 0.391 e. The number of nitrogens with zero attached hydrogens (tertiary/aromatic N) is 2. The fourth-order valence-electron chi connectivity index (χ4n) is 3.83. The van der Waals surface area contributed by atoms with E-state index in [2.05, 4.69) is 10.3 Å². The summed E-state index contributed by atoms with van der Waals surface area (Å²) in [6.07, 6.45) is 0.619. The lowest BCUT2D eigenvalue weighted by molar-refractivity contribution is -0.183. The molecule has 0 saturated heterocycles. The quantitative estimate of drug-likeness (QED) is 0.651. The molecule has 0 spiro atoms. The maximum atomic E-state index is 13.0. The van der Waals surface area contributed by atoms with Crippen LogP contribution in [0.1, 0.15) is 41.7 Å². The molecule has 2 aromatic heterocycles. The van der Waals surface area contributed by atoms with Crippen LogP contribution in [0, 0.1) is 5.92 Å². The minimum atomic E-state index is -4.21. The number of hydrogen-bond acceptors (Lipinski definition) is 3. The van der Waals surface area contributed by atoms with Crippen molar-refractivity contribution in [1.29, 1.82) is 0 Å². The predicted molar refractivity (Wildman–Crippen MR) is 105 cm³/mol. The van der Waals surface area contributed by atoms with Gasteiger partial charge in [-0.2, -0.15) is 13.2 Å². The van der Waals surface area contributed by atoms with Crippen LogP contribution in [0.3, 0.4) is 0 Å². The van der Waals surface area contributed by atoms with Gasteiger partial charge in [-0.05, 0) is 49.6 Å². The number of ether oxygens (including phenoxy) is 1. The van der Waals surface area contributed by atoms with Crippen molar-refractivity contribution in [3.8, 4) is 5.75 Å². The van der Waals surface area contributed by atoms with Crippen LogP contribution in [0.15, 0.2) is 54.9 Å². The molecule has 1 aromatic carbocycles. The summed E-state index contributed by atoms with van der Waals surface area (Å²) in [4.78, 5) is 17.0. The highest BCUT2D eigenvalue weighted by molar-refractivity contribution is 5.94. The van der Waals surface area contributed by atoms with Crippen LogP contribution in [0.5, 0.6) is 5.75 Å². The lowest BCUT2D eigenvalue weighted by atomic mass is 9.85. The number of nitrogens with one attached hydrogen (secondary N) is 1. The third kappa shape index (κ3) is 4.75. The number of aromatic nitrogens is 2. The number of carbonyl (C=O) groups is 1. The third-order valence-corrected chi connectivity index (χ3v) is 5.37. The number of carbonyl (C=O) groups excluding carboxylic acids is 1. The van der Waals surface area contributed by atoms with E-state index in [0.717, 1.165) is 11.3 Å². The van der Waals surface area contributed by atoms with E-state index in [0.29, 0.717) is 24.2 Å². The van der Waals surface area contributed by atoms with Crippen LogP contribution in [0.25, 0.3) is 5.65 Å². The minimum absolute atomic E-state index is 0.0701. The van der Waals surface area contributed by atoms with E-state index in [-0.39, 0.29) is 25.4 Å². The van der Waals surface area contributed by atoms with Gasteiger partial charge in [-0.1, -0.05) is 18.6 Å². The van der Waals surface area contributed by atoms with Crippen LogP contribution >= 0.6 is 0 Å². The number of imidazole rings is 1. The van der Waals surface area contributed by atoms with Gasteiger partial charge in [0.15, 0.2) is 0 Å². The molecule has 0 bridgehead atoms. The number of benzene rings is 1. The molecule has 1 saturated carbocycles. The first kappa shape index (κ1) is 20.3. The number of amides is 1. The van der Waals surface area contributed by atoms with Crippen molar-refractivity contribution in [3.63, 3.8) is 0 Å². The van der Waals surface area contributed by atoms with Gasteiger partial charge in [0.25, 0.3) is 5.91 Å². The number of fused-ring (bicyclic) bond motifs is 1. The van der Waals surface area contributed by atoms with Gasteiger partial charge in [0.2, 0.25) is 0 Å². The molecule has 8 heteroatoms. The summed E-state index contributed by atoms with van der Waals surface area (Å²) >= 11 is 0. The molecule has 5 nitrogen and oxygen atoms in total. The molecule has 158 valence electrons. The average Bonchev–Trinajstić information content (AvgIpc) is 3.15. The van der Waals surface area contributed by atoms with Crippen molar-refractivity contribution in [2.24, 2.45) is 5.92 Å². The van der Waals surface area contributed by atoms with E-state index in [1.807, 2.05) is 35.0 Å². The van der Waals surface area contributed by atoms with Gasteiger partial charge in [-0.3, -0.25) is 4.79 Å². The molecule has 0 radical (unpaired) electrons. The van der Waals surface area contributed by atoms with E-state index in [4.69, 9.17) is 4.74 Å². The van der Waals surface area contributed by atoms with Gasteiger partial charge in [-0.15, -0.1) is 0 Å². The minimum Gasteiger partial charge on any atom is -0.487 e. The summed E-state index contributed by atoms with van der Waals surface area (Å²) in [5.74, 6) is -1.24. The van der Waals surface area contributed by atoms with E-state index in [9.17, 15) is 18.0 Å². The third-order valence-electron chi connectivity index (χ3n) is 5.37. The van der Waals surface area contributed by atoms with Crippen LogP contribution in [-0.4, -0.2) is 27.5 Å². The first-order chi connectivity index (χ1) is 14.4. The molecule has 2 atom stereocenters. The zero-order valence-corrected chi connectivity index (χ0v) is 16.2. The summed E-state index contributed by atoms with van der Waals surface area (Å²) in [6, 6.07) is 11.9. The largest absolute Gasteiger partial charge is 0.487 e. The Bertz CT molecular complexity index is 999. The molecular weight excluding hydrogens is 395 g/mol. The second kappa shape index (κ2) is 8.38. The SMILES string of the molecule is O=C(N[C@@H]1CCC[C@H](C(F)(F)F)C1)c1cccc(OCc2cn3ccccc3n2)c1. The van der Waals surface area contributed by atoms with Gasteiger partial charge in [0, 0.05) is 24.0 Å². The first-order valence-electron chi connectivity index (χ1n) is 9.91. The van der Waals surface area contributed by atoms with Crippen molar-refractivity contribution < 1.29 is 22.7 Å². The number of pyridine rings is 1. The Kier molecular flexibility index (Phi) is 5.65. The summed E-state index contributed by atoms with van der Waals surface area (Å²) in [5.41, 5.74) is 1.92. The molecular formula is C22H22F3N3O2. The normalized spacial score (nSPS) is 19.6. The topological polar surface area (TPSA) is 55.6 Å². The molecule has 1 aliphatic carbocycles. The smallest absolute Gasteiger partial charge is 0.391 e. The van der Waals surface area contributed by atoms with Crippen molar-refractivity contribution in [2.45, 2.75) is 44.5 Å². The fourth-order valence-corrected chi connectivity index (χ4v) is 3.83. The highest BCUT2D eigenvalue weighted by atomic mass is 19.4. The fraction of sp³-hybridized carbons (Fsp3) is 0.364. The first-order valence-corrected chi connectivity index (χ1v) is 9.91. The van der Waals surface area contributed by atoms with E-state index >= 15 is 0 Å². The Balaban J connectivity index is 1.37. The van der Waals surface area contributed by atoms with Crippen molar-refractivity contribution in [2.75, 3.05) is 0 Å². The summed E-state index contributed by atoms with van der Waals surface area (Å²) in [5, 5.41) is 2.75. The van der Waals surface area contributed by atoms with Crippen LogP contribution in [0.2, 0.25) is 0 Å². The zero-order valence-electron chi connectivity index (χ0n) is 16.2. The standard InChI is InChI=1S/C22H22F3N3O2/c23-22(24,25)16-6-4-7-17(12-16)27-21(29)15-5-3-8-19(11-15)30-14-18-13-28-10-2-1-9-20(28)26-18/h1-3,5,8-11,13,16-17H,4,6-7,12,14H2,(H,27,29)/t16-,17+/m0/s1. The summed E-state index contributed by atoms with van der Waals surface area (Å²) in [6.45, 7) is 0.239. The van der Waals surface area contributed by atoms with Gasteiger partial charge in [-0.25, -0.2) is 4.98 Å². The summed E-state index contributed by atoms with van der Waals surface area (Å²) in [7, 11) is 0. The molecule has 1 amide bonds. The van der Waals surface area contributed by atoms with Gasteiger partial charge < -0.3 is 14.5 Å². The molecule has 4 rings (SSSR count). The number of hydrogen-bond donors (Lipinski definition) is 1. The Morgan fingerprint density at radius 1 is 1.20 bits per heavy atom. The molecule has 1 fully saturated rings. The maximum absolute atomic E-state index is 13.0. The lowest BCUT2D eigenvalue weighted by Crippen LogP contribution is -2.41. The molecule has 3 aromatic rings. The van der Waals surface area contributed by atoms with Gasteiger partial charge >= 0.3 is 6.18 Å². The van der Waals surface area contributed by atoms with Crippen molar-refractivity contribution in [1.82, 2.24) is 14.7 Å². The van der Waals surface area contributed by atoms with E-state index in [1.165, 1.54) is 0 Å². The average molecular weight is 417 g/mol. The van der Waals surface area contributed by atoms with Gasteiger partial charge in [0.05, 0.1) is 11.6 Å². The second-order valence-corrected chi connectivity index (χ2v) is 7.59. The molecule has 0 aliphatic heterocycles.